The summed E-state index contributed by atoms with van der Waals surface area (Å²) >= 11 is 13.4. The Kier molecular flexibility index (Phi) is 4.08. The second-order valence-electron chi connectivity index (χ2n) is 5.52. The van der Waals surface area contributed by atoms with Gasteiger partial charge in [0.2, 0.25) is 5.91 Å². The number of aromatic amines is 1. The molecule has 3 aromatic rings. The van der Waals surface area contributed by atoms with Crippen LogP contribution >= 0.6 is 35.6 Å². The second kappa shape index (κ2) is 6.24. The molecule has 1 aromatic heterocycles. The number of thioether (sulfide) groups is 1. The van der Waals surface area contributed by atoms with Crippen molar-refractivity contribution in [3.8, 4) is 0 Å². The van der Waals surface area contributed by atoms with Gasteiger partial charge in [0.05, 0.1) is 16.5 Å². The number of benzene rings is 2. The van der Waals surface area contributed by atoms with Crippen molar-refractivity contribution in [3.05, 3.63) is 69.8 Å². The SMILES string of the molecule is O=C1CSC(c2cc3ccccc3[nH]c2=S)N1c1ccccc1Cl. The van der Waals surface area contributed by atoms with Crippen LogP contribution in [0.15, 0.2) is 54.6 Å². The molecule has 120 valence electrons. The molecule has 3 nitrogen and oxygen atoms in total. The third-order valence-electron chi connectivity index (χ3n) is 4.03. The molecule has 0 aliphatic carbocycles. The zero-order valence-electron chi connectivity index (χ0n) is 12.5. The summed E-state index contributed by atoms with van der Waals surface area (Å²) in [5.41, 5.74) is 2.64. The van der Waals surface area contributed by atoms with E-state index in [0.29, 0.717) is 15.4 Å². The van der Waals surface area contributed by atoms with Crippen LogP contribution in [0.3, 0.4) is 0 Å². The quantitative estimate of drug-likeness (QED) is 0.617. The Morgan fingerprint density at radius 2 is 1.92 bits per heavy atom. The van der Waals surface area contributed by atoms with Gasteiger partial charge in [-0.15, -0.1) is 11.8 Å². The van der Waals surface area contributed by atoms with Gasteiger partial charge in [0, 0.05) is 11.1 Å². The molecule has 2 heterocycles. The van der Waals surface area contributed by atoms with E-state index in [2.05, 4.69) is 11.1 Å². The molecule has 1 fully saturated rings. The highest BCUT2D eigenvalue weighted by atomic mass is 35.5. The lowest BCUT2D eigenvalue weighted by molar-refractivity contribution is -0.115. The molecule has 2 aromatic carbocycles. The van der Waals surface area contributed by atoms with Crippen molar-refractivity contribution in [2.75, 3.05) is 10.7 Å². The predicted octanol–water partition coefficient (Wildman–Crippen LogP) is 5.33. The number of nitrogens with zero attached hydrogens (tertiary/aromatic N) is 1. The zero-order chi connectivity index (χ0) is 16.7. The number of amides is 1. The number of rotatable bonds is 2. The van der Waals surface area contributed by atoms with E-state index < -0.39 is 0 Å². The molecule has 1 amide bonds. The van der Waals surface area contributed by atoms with Gasteiger partial charge in [-0.2, -0.15) is 0 Å². The van der Waals surface area contributed by atoms with Crippen LogP contribution in [-0.2, 0) is 4.79 Å². The Labute approximate surface area is 153 Å². The van der Waals surface area contributed by atoms with Crippen molar-refractivity contribution in [3.63, 3.8) is 0 Å². The average Bonchev–Trinajstić information content (AvgIpc) is 2.96. The molecular weight excluding hydrogens is 360 g/mol. The second-order valence-corrected chi connectivity index (χ2v) is 7.40. The number of carbonyl (C=O) groups excluding carboxylic acids is 1. The first kappa shape index (κ1) is 15.7. The predicted molar refractivity (Wildman–Crippen MR) is 103 cm³/mol. The molecule has 0 bridgehead atoms. The summed E-state index contributed by atoms with van der Waals surface area (Å²) < 4.78 is 0.651. The van der Waals surface area contributed by atoms with Crippen molar-refractivity contribution >= 4 is 58.1 Å². The summed E-state index contributed by atoms with van der Waals surface area (Å²) in [5, 5.41) is 1.46. The fourth-order valence-electron chi connectivity index (χ4n) is 2.91. The number of para-hydroxylation sites is 2. The third kappa shape index (κ3) is 2.62. The summed E-state index contributed by atoms with van der Waals surface area (Å²) in [6, 6.07) is 17.5. The minimum absolute atomic E-state index is 0.0423. The van der Waals surface area contributed by atoms with E-state index >= 15 is 0 Å². The molecule has 1 N–H and O–H groups in total. The van der Waals surface area contributed by atoms with Crippen LogP contribution in [0.1, 0.15) is 10.9 Å². The van der Waals surface area contributed by atoms with Gasteiger partial charge in [0.1, 0.15) is 10.0 Å². The molecule has 0 radical (unpaired) electrons. The number of hydrogen-bond donors (Lipinski definition) is 1. The average molecular weight is 373 g/mol. The number of halogens is 1. The van der Waals surface area contributed by atoms with Gasteiger partial charge in [0.15, 0.2) is 0 Å². The molecule has 6 heteroatoms. The molecule has 1 aliphatic heterocycles. The molecule has 1 aliphatic rings. The first-order chi connectivity index (χ1) is 11.6. The smallest absolute Gasteiger partial charge is 0.238 e. The number of hydrogen-bond acceptors (Lipinski definition) is 3. The lowest BCUT2D eigenvalue weighted by Crippen LogP contribution is -2.28. The molecule has 1 saturated heterocycles. The summed E-state index contributed by atoms with van der Waals surface area (Å²) in [7, 11) is 0. The van der Waals surface area contributed by atoms with Crippen molar-refractivity contribution in [1.29, 1.82) is 0 Å². The fourth-order valence-corrected chi connectivity index (χ4v) is 4.68. The Morgan fingerprint density at radius 3 is 2.75 bits per heavy atom. The lowest BCUT2D eigenvalue weighted by atomic mass is 10.1. The maximum atomic E-state index is 12.5. The molecular formula is C18H13ClN2OS2. The highest BCUT2D eigenvalue weighted by Gasteiger charge is 2.35. The zero-order valence-corrected chi connectivity index (χ0v) is 14.9. The maximum Gasteiger partial charge on any atom is 0.238 e. The van der Waals surface area contributed by atoms with Gasteiger partial charge in [-0.1, -0.05) is 54.2 Å². The standard InChI is InChI=1S/C18H13ClN2OS2/c19-13-6-2-4-8-15(13)21-16(22)10-24-18(21)12-9-11-5-1-3-7-14(11)20-17(12)23/h1-9,18H,10H2,(H,20,23). The summed E-state index contributed by atoms with van der Waals surface area (Å²) in [5.74, 6) is 0.456. The third-order valence-corrected chi connectivity index (χ3v) is 5.88. The molecule has 1 atom stereocenters. The van der Waals surface area contributed by atoms with Gasteiger partial charge in [-0.05, 0) is 29.7 Å². The van der Waals surface area contributed by atoms with E-state index in [4.69, 9.17) is 23.8 Å². The van der Waals surface area contributed by atoms with Gasteiger partial charge >= 0.3 is 0 Å². The minimum Gasteiger partial charge on any atom is -0.346 e. The van der Waals surface area contributed by atoms with Crippen LogP contribution < -0.4 is 4.90 Å². The van der Waals surface area contributed by atoms with E-state index in [1.165, 1.54) is 0 Å². The van der Waals surface area contributed by atoms with Crippen molar-refractivity contribution in [2.45, 2.75) is 5.37 Å². The lowest BCUT2D eigenvalue weighted by Gasteiger charge is -2.25. The number of anilines is 1. The number of carbonyl (C=O) groups is 1. The number of fused-ring (bicyclic) bond motifs is 1. The minimum atomic E-state index is -0.175. The van der Waals surface area contributed by atoms with Crippen molar-refractivity contribution < 1.29 is 4.79 Å². The van der Waals surface area contributed by atoms with Crippen LogP contribution in [0.2, 0.25) is 5.02 Å². The van der Waals surface area contributed by atoms with Gasteiger partial charge in [-0.3, -0.25) is 9.69 Å². The van der Waals surface area contributed by atoms with Crippen LogP contribution in [0.25, 0.3) is 10.9 Å². The number of aromatic nitrogens is 1. The van der Waals surface area contributed by atoms with Crippen LogP contribution in [0.5, 0.6) is 0 Å². The van der Waals surface area contributed by atoms with E-state index in [0.717, 1.165) is 22.2 Å². The first-order valence-corrected chi connectivity index (χ1v) is 9.29. The normalized spacial score (nSPS) is 17.6. The van der Waals surface area contributed by atoms with Crippen LogP contribution in [-0.4, -0.2) is 16.6 Å². The number of H-pyrrole nitrogens is 1. The van der Waals surface area contributed by atoms with Crippen LogP contribution in [0.4, 0.5) is 5.69 Å². The highest BCUT2D eigenvalue weighted by Crippen LogP contribution is 2.44. The van der Waals surface area contributed by atoms with E-state index in [1.807, 2.05) is 42.5 Å². The van der Waals surface area contributed by atoms with Crippen LogP contribution in [0, 0.1) is 4.64 Å². The number of pyridine rings is 1. The summed E-state index contributed by atoms with van der Waals surface area (Å²) in [4.78, 5) is 17.5. The monoisotopic (exact) mass is 372 g/mol. The van der Waals surface area contributed by atoms with Gasteiger partial charge in [-0.25, -0.2) is 0 Å². The van der Waals surface area contributed by atoms with E-state index in [9.17, 15) is 4.79 Å². The molecule has 1 unspecified atom stereocenters. The fraction of sp³-hybridized carbons (Fsp3) is 0.111. The van der Waals surface area contributed by atoms with Gasteiger partial charge < -0.3 is 4.98 Å². The Morgan fingerprint density at radius 1 is 1.17 bits per heavy atom. The summed E-state index contributed by atoms with van der Waals surface area (Å²) in [6.45, 7) is 0. The van der Waals surface area contributed by atoms with E-state index in [-0.39, 0.29) is 11.3 Å². The van der Waals surface area contributed by atoms with Gasteiger partial charge in [0.25, 0.3) is 0 Å². The number of nitrogens with one attached hydrogen (secondary N) is 1. The van der Waals surface area contributed by atoms with Crippen molar-refractivity contribution in [1.82, 2.24) is 4.98 Å². The molecule has 0 spiro atoms. The Hall–Kier alpha value is -1.82. The Balaban J connectivity index is 1.86. The first-order valence-electron chi connectivity index (χ1n) is 7.45. The largest absolute Gasteiger partial charge is 0.346 e. The van der Waals surface area contributed by atoms with E-state index in [1.54, 1.807) is 22.7 Å². The Bertz CT molecular complexity index is 1000. The molecule has 0 saturated carbocycles. The maximum absolute atomic E-state index is 12.5. The highest BCUT2D eigenvalue weighted by molar-refractivity contribution is 8.00. The summed E-state index contributed by atoms with van der Waals surface area (Å²) in [6.07, 6.45) is 0. The van der Waals surface area contributed by atoms with Crippen molar-refractivity contribution in [2.24, 2.45) is 0 Å². The topological polar surface area (TPSA) is 36.1 Å². The molecule has 24 heavy (non-hydrogen) atoms. The molecule has 4 rings (SSSR count).